The first kappa shape index (κ1) is 12.6. The zero-order valence-electron chi connectivity index (χ0n) is 10.2. The number of carbonyl (C=O) groups is 1. The molecule has 0 bridgehead atoms. The van der Waals surface area contributed by atoms with E-state index >= 15 is 0 Å². The molecule has 3 nitrogen and oxygen atoms in total. The molecular formula is C13H17BrN2O. The van der Waals surface area contributed by atoms with E-state index in [1.807, 2.05) is 12.1 Å². The second-order valence-corrected chi connectivity index (χ2v) is 6.10. The maximum atomic E-state index is 12.2. The molecule has 17 heavy (non-hydrogen) atoms. The number of hydrogen-bond acceptors (Lipinski definition) is 2. The van der Waals surface area contributed by atoms with Gasteiger partial charge in [-0.05, 0) is 46.3 Å². The summed E-state index contributed by atoms with van der Waals surface area (Å²) < 4.78 is 0.775. The van der Waals surface area contributed by atoms with Gasteiger partial charge in [-0.15, -0.1) is 0 Å². The van der Waals surface area contributed by atoms with E-state index in [1.165, 1.54) is 0 Å². The fourth-order valence-corrected chi connectivity index (χ4v) is 2.73. The molecule has 1 amide bonds. The Bertz CT molecular complexity index is 414. The molecule has 1 fully saturated rings. The molecule has 1 aromatic heterocycles. The molecule has 1 heterocycles. The van der Waals surface area contributed by atoms with Gasteiger partial charge < -0.3 is 5.32 Å². The first-order valence-corrected chi connectivity index (χ1v) is 6.71. The van der Waals surface area contributed by atoms with Gasteiger partial charge in [-0.1, -0.05) is 20.3 Å². The lowest BCUT2D eigenvalue weighted by Gasteiger charge is -2.25. The summed E-state index contributed by atoms with van der Waals surface area (Å²) in [6.07, 6.45) is 4.93. The third kappa shape index (κ3) is 2.86. The van der Waals surface area contributed by atoms with Crippen molar-refractivity contribution in [2.24, 2.45) is 11.3 Å². The van der Waals surface area contributed by atoms with Gasteiger partial charge in [0.1, 0.15) is 4.60 Å². The van der Waals surface area contributed by atoms with Crippen LogP contribution in [0.25, 0.3) is 0 Å². The van der Waals surface area contributed by atoms with Crippen molar-refractivity contribution in [1.82, 2.24) is 4.98 Å². The van der Waals surface area contributed by atoms with Crippen LogP contribution in [0.15, 0.2) is 22.9 Å². The Balaban J connectivity index is 2.04. The van der Waals surface area contributed by atoms with Crippen molar-refractivity contribution >= 4 is 27.5 Å². The Kier molecular flexibility index (Phi) is 3.52. The van der Waals surface area contributed by atoms with Crippen molar-refractivity contribution in [2.45, 2.75) is 33.1 Å². The summed E-state index contributed by atoms with van der Waals surface area (Å²) in [5.41, 5.74) is 0.883. The van der Waals surface area contributed by atoms with Gasteiger partial charge >= 0.3 is 0 Å². The molecule has 1 aliphatic rings. The minimum atomic E-state index is 0.117. The monoisotopic (exact) mass is 296 g/mol. The van der Waals surface area contributed by atoms with Crippen molar-refractivity contribution in [3.8, 4) is 0 Å². The Morgan fingerprint density at radius 1 is 1.53 bits per heavy atom. The van der Waals surface area contributed by atoms with E-state index in [0.717, 1.165) is 29.6 Å². The highest BCUT2D eigenvalue weighted by Crippen LogP contribution is 2.42. The second kappa shape index (κ2) is 4.77. The van der Waals surface area contributed by atoms with E-state index in [1.54, 1.807) is 6.20 Å². The average molecular weight is 297 g/mol. The van der Waals surface area contributed by atoms with Crippen molar-refractivity contribution in [2.75, 3.05) is 5.32 Å². The van der Waals surface area contributed by atoms with Crippen molar-refractivity contribution in [1.29, 1.82) is 0 Å². The van der Waals surface area contributed by atoms with Gasteiger partial charge in [0.2, 0.25) is 5.91 Å². The lowest BCUT2D eigenvalue weighted by molar-refractivity contribution is -0.122. The van der Waals surface area contributed by atoms with Gasteiger partial charge in [-0.3, -0.25) is 4.79 Å². The summed E-state index contributed by atoms with van der Waals surface area (Å²) in [5.74, 6) is 0.239. The smallest absolute Gasteiger partial charge is 0.228 e. The van der Waals surface area contributed by atoms with E-state index < -0.39 is 0 Å². The van der Waals surface area contributed by atoms with Crippen LogP contribution in [0.2, 0.25) is 0 Å². The Labute approximate surface area is 110 Å². The molecular weight excluding hydrogens is 280 g/mol. The molecule has 92 valence electrons. The second-order valence-electron chi connectivity index (χ2n) is 5.29. The molecule has 1 atom stereocenters. The zero-order valence-corrected chi connectivity index (χ0v) is 11.8. The summed E-state index contributed by atoms with van der Waals surface area (Å²) in [7, 11) is 0. The summed E-state index contributed by atoms with van der Waals surface area (Å²) in [6, 6.07) is 3.69. The lowest BCUT2D eigenvalue weighted by Crippen LogP contribution is -2.30. The molecule has 1 aromatic rings. The largest absolute Gasteiger partial charge is 0.324 e. The third-order valence-electron chi connectivity index (χ3n) is 3.57. The Morgan fingerprint density at radius 2 is 2.29 bits per heavy atom. The lowest BCUT2D eigenvalue weighted by atomic mass is 9.81. The molecule has 0 radical (unpaired) electrons. The quantitative estimate of drug-likeness (QED) is 0.847. The number of hydrogen-bond donors (Lipinski definition) is 1. The van der Waals surface area contributed by atoms with Crippen molar-refractivity contribution in [3.63, 3.8) is 0 Å². The molecule has 1 saturated carbocycles. The van der Waals surface area contributed by atoms with Crippen LogP contribution in [0, 0.1) is 11.3 Å². The topological polar surface area (TPSA) is 42.0 Å². The summed E-state index contributed by atoms with van der Waals surface area (Å²) >= 11 is 3.27. The molecule has 1 unspecified atom stereocenters. The highest BCUT2D eigenvalue weighted by atomic mass is 79.9. The number of pyridine rings is 1. The van der Waals surface area contributed by atoms with Crippen LogP contribution >= 0.6 is 15.9 Å². The molecule has 0 saturated heterocycles. The fraction of sp³-hybridized carbons (Fsp3) is 0.538. The van der Waals surface area contributed by atoms with Crippen LogP contribution in [0.4, 0.5) is 5.69 Å². The normalized spacial score (nSPS) is 22.4. The van der Waals surface area contributed by atoms with E-state index in [0.29, 0.717) is 0 Å². The number of aromatic nitrogens is 1. The fourth-order valence-electron chi connectivity index (χ4n) is 2.49. The predicted molar refractivity (Wildman–Crippen MR) is 71.7 cm³/mol. The third-order valence-corrected chi connectivity index (χ3v) is 4.04. The molecule has 0 aliphatic heterocycles. The van der Waals surface area contributed by atoms with Crippen LogP contribution in [0.1, 0.15) is 33.1 Å². The van der Waals surface area contributed by atoms with Gasteiger partial charge in [0, 0.05) is 5.92 Å². The highest BCUT2D eigenvalue weighted by Gasteiger charge is 2.39. The number of halogens is 1. The van der Waals surface area contributed by atoms with Crippen LogP contribution in [-0.2, 0) is 4.79 Å². The molecule has 4 heteroatoms. The molecule has 0 aromatic carbocycles. The number of nitrogens with zero attached hydrogens (tertiary/aromatic N) is 1. The van der Waals surface area contributed by atoms with Gasteiger partial charge in [0.15, 0.2) is 0 Å². The Hall–Kier alpha value is -0.900. The van der Waals surface area contributed by atoms with E-state index in [9.17, 15) is 4.79 Å². The molecule has 0 spiro atoms. The SMILES string of the molecule is CC1(C)CCCC1C(=O)Nc1ccc(Br)nc1. The van der Waals surface area contributed by atoms with Gasteiger partial charge in [0.25, 0.3) is 0 Å². The highest BCUT2D eigenvalue weighted by molar-refractivity contribution is 9.10. The first-order chi connectivity index (χ1) is 7.99. The molecule has 1 aliphatic carbocycles. The summed E-state index contributed by atoms with van der Waals surface area (Å²) in [4.78, 5) is 16.3. The summed E-state index contributed by atoms with van der Waals surface area (Å²) in [6.45, 7) is 4.34. The first-order valence-electron chi connectivity index (χ1n) is 5.91. The maximum absolute atomic E-state index is 12.2. The standard InChI is InChI=1S/C13H17BrN2O/c1-13(2)7-3-4-10(13)12(17)16-9-5-6-11(14)15-8-9/h5-6,8,10H,3-4,7H2,1-2H3,(H,16,17). The number of rotatable bonds is 2. The summed E-state index contributed by atoms with van der Waals surface area (Å²) in [5, 5.41) is 2.94. The van der Waals surface area contributed by atoms with Crippen LogP contribution < -0.4 is 5.32 Å². The van der Waals surface area contributed by atoms with Crippen LogP contribution in [-0.4, -0.2) is 10.9 Å². The molecule has 2 rings (SSSR count). The van der Waals surface area contributed by atoms with Gasteiger partial charge in [-0.25, -0.2) is 4.98 Å². The van der Waals surface area contributed by atoms with Crippen LogP contribution in [0.3, 0.4) is 0 Å². The van der Waals surface area contributed by atoms with E-state index in [-0.39, 0.29) is 17.2 Å². The van der Waals surface area contributed by atoms with Gasteiger partial charge in [0.05, 0.1) is 11.9 Å². The number of carbonyl (C=O) groups excluding carboxylic acids is 1. The number of nitrogens with one attached hydrogen (secondary N) is 1. The van der Waals surface area contributed by atoms with E-state index in [4.69, 9.17) is 0 Å². The minimum absolute atomic E-state index is 0.117. The van der Waals surface area contributed by atoms with Gasteiger partial charge in [-0.2, -0.15) is 0 Å². The molecule has 1 N–H and O–H groups in total. The zero-order chi connectivity index (χ0) is 12.5. The predicted octanol–water partition coefficient (Wildman–Crippen LogP) is 3.61. The number of amides is 1. The minimum Gasteiger partial charge on any atom is -0.324 e. The average Bonchev–Trinajstić information content (AvgIpc) is 2.61. The van der Waals surface area contributed by atoms with Crippen LogP contribution in [0.5, 0.6) is 0 Å². The van der Waals surface area contributed by atoms with E-state index in [2.05, 4.69) is 40.1 Å². The Morgan fingerprint density at radius 3 is 2.82 bits per heavy atom. The number of anilines is 1. The van der Waals surface area contributed by atoms with Crippen molar-refractivity contribution in [3.05, 3.63) is 22.9 Å². The maximum Gasteiger partial charge on any atom is 0.228 e. The van der Waals surface area contributed by atoms with Crippen molar-refractivity contribution < 1.29 is 4.79 Å².